The smallest absolute Gasteiger partial charge is 0.303 e. The molecule has 0 aromatic rings. The molecule has 0 aromatic heterocycles. The summed E-state index contributed by atoms with van der Waals surface area (Å²) in [5, 5.41) is 14.4. The molecule has 98 valence electrons. The third-order valence-electron chi connectivity index (χ3n) is 2.94. The maximum atomic E-state index is 11.8. The van der Waals surface area contributed by atoms with Crippen molar-refractivity contribution in [3.05, 3.63) is 0 Å². The lowest BCUT2D eigenvalue weighted by molar-refractivity contribution is -0.138. The van der Waals surface area contributed by atoms with Crippen LogP contribution in [0.2, 0.25) is 0 Å². The Labute approximate surface area is 101 Å². The molecule has 0 bridgehead atoms. The minimum atomic E-state index is -0.843. The third kappa shape index (κ3) is 4.32. The van der Waals surface area contributed by atoms with Crippen molar-refractivity contribution in [1.82, 2.24) is 10.6 Å². The van der Waals surface area contributed by atoms with E-state index in [4.69, 9.17) is 9.84 Å². The van der Waals surface area contributed by atoms with Gasteiger partial charge in [0.2, 0.25) is 5.91 Å². The molecule has 1 rings (SSSR count). The number of carboxylic acid groups (broad SMARTS) is 1. The zero-order valence-corrected chi connectivity index (χ0v) is 10.2. The molecular weight excluding hydrogens is 224 g/mol. The Balaban J connectivity index is 2.31. The number of hydrogen-bond acceptors (Lipinski definition) is 4. The van der Waals surface area contributed by atoms with Crippen LogP contribution in [-0.2, 0) is 14.3 Å². The van der Waals surface area contributed by atoms with E-state index in [0.717, 1.165) is 0 Å². The summed E-state index contributed by atoms with van der Waals surface area (Å²) in [6.07, 6.45) is 0.0664. The molecule has 1 aliphatic rings. The van der Waals surface area contributed by atoms with Crippen LogP contribution in [0.4, 0.5) is 0 Å². The van der Waals surface area contributed by atoms with Crippen LogP contribution in [0.3, 0.4) is 0 Å². The number of carbonyl (C=O) groups is 2. The summed E-state index contributed by atoms with van der Waals surface area (Å²) in [4.78, 5) is 22.3. The summed E-state index contributed by atoms with van der Waals surface area (Å²) < 4.78 is 5.24. The van der Waals surface area contributed by atoms with E-state index in [1.165, 1.54) is 0 Å². The molecule has 0 aromatic carbocycles. The summed E-state index contributed by atoms with van der Waals surface area (Å²) in [7, 11) is 1.80. The maximum absolute atomic E-state index is 11.8. The Morgan fingerprint density at radius 1 is 1.47 bits per heavy atom. The van der Waals surface area contributed by atoms with Crippen LogP contribution in [0.25, 0.3) is 0 Å². The Bertz CT molecular complexity index is 283. The number of nitrogens with one attached hydrogen (secondary N) is 2. The number of carbonyl (C=O) groups excluding carboxylic acids is 1. The highest BCUT2D eigenvalue weighted by molar-refractivity contribution is 5.80. The minimum absolute atomic E-state index is 0.0461. The molecule has 1 saturated heterocycles. The van der Waals surface area contributed by atoms with Crippen LogP contribution < -0.4 is 10.6 Å². The zero-order valence-electron chi connectivity index (χ0n) is 10.2. The predicted octanol–water partition coefficient (Wildman–Crippen LogP) is -0.552. The monoisotopic (exact) mass is 244 g/mol. The first kappa shape index (κ1) is 13.9. The molecule has 3 atom stereocenters. The number of hydrogen-bond donors (Lipinski definition) is 3. The lowest BCUT2D eigenvalue weighted by atomic mass is 10.0. The van der Waals surface area contributed by atoms with Gasteiger partial charge in [0.15, 0.2) is 0 Å². The Kier molecular flexibility index (Phi) is 5.37. The maximum Gasteiger partial charge on any atom is 0.303 e. The van der Waals surface area contributed by atoms with Crippen molar-refractivity contribution in [1.29, 1.82) is 0 Å². The van der Waals surface area contributed by atoms with E-state index in [1.54, 1.807) is 14.0 Å². The molecule has 17 heavy (non-hydrogen) atoms. The highest BCUT2D eigenvalue weighted by Gasteiger charge is 2.32. The molecule has 1 fully saturated rings. The van der Waals surface area contributed by atoms with Crippen LogP contribution in [0, 0.1) is 11.8 Å². The van der Waals surface area contributed by atoms with Crippen LogP contribution in [0.5, 0.6) is 0 Å². The molecule has 3 N–H and O–H groups in total. The average molecular weight is 244 g/mol. The molecule has 1 aliphatic heterocycles. The van der Waals surface area contributed by atoms with E-state index in [2.05, 4.69) is 10.6 Å². The average Bonchev–Trinajstić information content (AvgIpc) is 2.72. The second kappa shape index (κ2) is 6.56. The summed E-state index contributed by atoms with van der Waals surface area (Å²) in [6.45, 7) is 3.15. The van der Waals surface area contributed by atoms with Crippen LogP contribution in [0.1, 0.15) is 13.3 Å². The molecule has 1 heterocycles. The number of rotatable bonds is 6. The minimum Gasteiger partial charge on any atom is -0.481 e. The number of aliphatic carboxylic acids is 1. The molecule has 6 nitrogen and oxygen atoms in total. The van der Waals surface area contributed by atoms with E-state index < -0.39 is 5.97 Å². The first-order chi connectivity index (χ1) is 8.04. The molecule has 0 saturated carbocycles. The molecule has 0 radical (unpaired) electrons. The van der Waals surface area contributed by atoms with E-state index in [9.17, 15) is 9.59 Å². The lowest BCUT2D eigenvalue weighted by Crippen LogP contribution is -2.43. The van der Waals surface area contributed by atoms with Crippen molar-refractivity contribution in [3.63, 3.8) is 0 Å². The highest BCUT2D eigenvalue weighted by atomic mass is 16.5. The van der Waals surface area contributed by atoms with Crippen molar-refractivity contribution in [2.75, 3.05) is 26.8 Å². The summed E-state index contributed by atoms with van der Waals surface area (Å²) in [5.41, 5.74) is 0. The van der Waals surface area contributed by atoms with Gasteiger partial charge in [0, 0.05) is 19.0 Å². The van der Waals surface area contributed by atoms with Gasteiger partial charge < -0.3 is 20.5 Å². The van der Waals surface area contributed by atoms with Gasteiger partial charge in [0.05, 0.1) is 19.1 Å². The standard InChI is InChI=1S/C11H20N2O4/c1-7(3-10(14)15)4-13-11(16)8-5-17-6-9(8)12-2/h7-9,12H,3-6H2,1-2H3,(H,13,16)(H,14,15). The first-order valence-corrected chi connectivity index (χ1v) is 5.79. The molecule has 1 amide bonds. The number of amides is 1. The van der Waals surface area contributed by atoms with Gasteiger partial charge in [0.25, 0.3) is 0 Å². The third-order valence-corrected chi connectivity index (χ3v) is 2.94. The van der Waals surface area contributed by atoms with Crippen molar-refractivity contribution in [2.24, 2.45) is 11.8 Å². The first-order valence-electron chi connectivity index (χ1n) is 5.79. The Morgan fingerprint density at radius 3 is 2.76 bits per heavy atom. The second-order valence-electron chi connectivity index (χ2n) is 4.49. The van der Waals surface area contributed by atoms with Crippen molar-refractivity contribution >= 4 is 11.9 Å². The largest absolute Gasteiger partial charge is 0.481 e. The molecule has 6 heteroatoms. The second-order valence-corrected chi connectivity index (χ2v) is 4.49. The fraction of sp³-hybridized carbons (Fsp3) is 0.818. The van der Waals surface area contributed by atoms with Crippen molar-refractivity contribution in [3.8, 4) is 0 Å². The van der Waals surface area contributed by atoms with Gasteiger partial charge in [-0.1, -0.05) is 6.92 Å². The van der Waals surface area contributed by atoms with E-state index in [1.807, 2.05) is 0 Å². The molecule has 3 unspecified atom stereocenters. The van der Waals surface area contributed by atoms with Gasteiger partial charge in [-0.15, -0.1) is 0 Å². The lowest BCUT2D eigenvalue weighted by Gasteiger charge is -2.17. The molecule has 0 aliphatic carbocycles. The van der Waals surface area contributed by atoms with Crippen LogP contribution >= 0.6 is 0 Å². The number of likely N-dealkylation sites (N-methyl/N-ethyl adjacent to an activating group) is 1. The van der Waals surface area contributed by atoms with Gasteiger partial charge >= 0.3 is 5.97 Å². The Morgan fingerprint density at radius 2 is 2.18 bits per heavy atom. The molecule has 0 spiro atoms. The van der Waals surface area contributed by atoms with E-state index >= 15 is 0 Å². The van der Waals surface area contributed by atoms with Gasteiger partial charge in [-0.25, -0.2) is 0 Å². The summed E-state index contributed by atoms with van der Waals surface area (Å²) in [5.74, 6) is -1.16. The number of ether oxygens (including phenoxy) is 1. The SMILES string of the molecule is CNC1COCC1C(=O)NCC(C)CC(=O)O. The van der Waals surface area contributed by atoms with Crippen molar-refractivity contribution < 1.29 is 19.4 Å². The normalized spacial score (nSPS) is 25.5. The molecular formula is C11H20N2O4. The summed E-state index contributed by atoms with van der Waals surface area (Å²) >= 11 is 0. The van der Waals surface area contributed by atoms with Gasteiger partial charge in [-0.05, 0) is 13.0 Å². The zero-order chi connectivity index (χ0) is 12.8. The van der Waals surface area contributed by atoms with Gasteiger partial charge in [-0.2, -0.15) is 0 Å². The van der Waals surface area contributed by atoms with Crippen LogP contribution in [0.15, 0.2) is 0 Å². The van der Waals surface area contributed by atoms with E-state index in [0.29, 0.717) is 19.8 Å². The fourth-order valence-electron chi connectivity index (χ4n) is 1.87. The van der Waals surface area contributed by atoms with Crippen LogP contribution in [-0.4, -0.2) is 49.8 Å². The fourth-order valence-corrected chi connectivity index (χ4v) is 1.87. The quantitative estimate of drug-likeness (QED) is 0.583. The van der Waals surface area contributed by atoms with Gasteiger partial charge in [0.1, 0.15) is 0 Å². The van der Waals surface area contributed by atoms with Gasteiger partial charge in [-0.3, -0.25) is 9.59 Å². The van der Waals surface area contributed by atoms with E-state index in [-0.39, 0.29) is 30.2 Å². The Hall–Kier alpha value is -1.14. The topological polar surface area (TPSA) is 87.7 Å². The number of carboxylic acids is 1. The van der Waals surface area contributed by atoms with Crippen molar-refractivity contribution in [2.45, 2.75) is 19.4 Å². The highest BCUT2D eigenvalue weighted by Crippen LogP contribution is 2.13. The summed E-state index contributed by atoms with van der Waals surface area (Å²) in [6, 6.07) is 0.0461. The predicted molar refractivity (Wildman–Crippen MR) is 61.6 cm³/mol.